The van der Waals surface area contributed by atoms with Crippen molar-refractivity contribution in [2.45, 2.75) is 51.1 Å². The van der Waals surface area contributed by atoms with E-state index in [1.54, 1.807) is 0 Å². The van der Waals surface area contributed by atoms with Crippen LogP contribution in [0, 0.1) is 11.8 Å². The van der Waals surface area contributed by atoms with Gasteiger partial charge in [-0.2, -0.15) is 0 Å². The Kier molecular flexibility index (Phi) is 3.39. The van der Waals surface area contributed by atoms with Gasteiger partial charge in [0.1, 0.15) is 0 Å². The minimum Gasteiger partial charge on any atom is -0.345 e. The highest BCUT2D eigenvalue weighted by molar-refractivity contribution is 4.97. The molecule has 3 aliphatic heterocycles. The van der Waals surface area contributed by atoms with Crippen molar-refractivity contribution in [2.75, 3.05) is 26.4 Å². The highest BCUT2D eigenvalue weighted by Crippen LogP contribution is 2.48. The molecule has 3 fully saturated rings. The van der Waals surface area contributed by atoms with Gasteiger partial charge in [0, 0.05) is 12.8 Å². The van der Waals surface area contributed by atoms with Crippen molar-refractivity contribution in [3.63, 3.8) is 0 Å². The third-order valence-corrected chi connectivity index (χ3v) is 4.46. The summed E-state index contributed by atoms with van der Waals surface area (Å²) in [6, 6.07) is 0. The fourth-order valence-electron chi connectivity index (χ4n) is 3.45. The highest BCUT2D eigenvalue weighted by Gasteiger charge is 2.61. The van der Waals surface area contributed by atoms with Crippen molar-refractivity contribution in [1.82, 2.24) is 0 Å². The van der Waals surface area contributed by atoms with Crippen molar-refractivity contribution < 1.29 is 18.9 Å². The predicted octanol–water partition coefficient (Wildman–Crippen LogP) is 2.32. The Bertz CT molecular complexity index is 270. The maximum atomic E-state index is 6.05. The second kappa shape index (κ2) is 4.75. The van der Waals surface area contributed by atoms with E-state index in [4.69, 9.17) is 18.9 Å². The lowest BCUT2D eigenvalue weighted by Crippen LogP contribution is -2.67. The smallest absolute Gasteiger partial charge is 0.224 e. The van der Waals surface area contributed by atoms with E-state index < -0.39 is 11.6 Å². The molecule has 4 nitrogen and oxygen atoms in total. The Morgan fingerprint density at radius 3 is 1.44 bits per heavy atom. The van der Waals surface area contributed by atoms with Crippen LogP contribution in [-0.2, 0) is 18.9 Å². The van der Waals surface area contributed by atoms with E-state index in [2.05, 4.69) is 13.8 Å². The zero-order chi connectivity index (χ0) is 12.6. The zero-order valence-corrected chi connectivity index (χ0v) is 11.4. The molecule has 0 aromatic rings. The van der Waals surface area contributed by atoms with Crippen LogP contribution in [0.2, 0.25) is 0 Å². The molecule has 104 valence electrons. The SMILES string of the molecule is CC1CCOC2(C1)OCCOC21CC(C)CCO1. The molecule has 3 aliphatic rings. The van der Waals surface area contributed by atoms with Gasteiger partial charge in [-0.25, -0.2) is 0 Å². The molecular formula is C14H24O4. The molecule has 0 aliphatic carbocycles. The highest BCUT2D eigenvalue weighted by atomic mass is 16.8. The van der Waals surface area contributed by atoms with Gasteiger partial charge >= 0.3 is 0 Å². The maximum absolute atomic E-state index is 6.05. The quantitative estimate of drug-likeness (QED) is 0.666. The van der Waals surface area contributed by atoms with Gasteiger partial charge in [0.15, 0.2) is 0 Å². The second-order valence-corrected chi connectivity index (χ2v) is 6.10. The van der Waals surface area contributed by atoms with E-state index >= 15 is 0 Å². The van der Waals surface area contributed by atoms with Crippen LogP contribution in [0.4, 0.5) is 0 Å². The van der Waals surface area contributed by atoms with Gasteiger partial charge in [0.2, 0.25) is 11.6 Å². The summed E-state index contributed by atoms with van der Waals surface area (Å²) in [7, 11) is 0. The maximum Gasteiger partial charge on any atom is 0.224 e. The van der Waals surface area contributed by atoms with Gasteiger partial charge in [0.05, 0.1) is 26.4 Å². The van der Waals surface area contributed by atoms with Crippen LogP contribution in [0.3, 0.4) is 0 Å². The Hall–Kier alpha value is -0.160. The van der Waals surface area contributed by atoms with Crippen molar-refractivity contribution >= 4 is 0 Å². The predicted molar refractivity (Wildman–Crippen MR) is 66.1 cm³/mol. The zero-order valence-electron chi connectivity index (χ0n) is 11.4. The summed E-state index contributed by atoms with van der Waals surface area (Å²) in [5.41, 5.74) is 0. The Morgan fingerprint density at radius 2 is 1.06 bits per heavy atom. The van der Waals surface area contributed by atoms with Crippen molar-refractivity contribution in [2.24, 2.45) is 11.8 Å². The summed E-state index contributed by atoms with van der Waals surface area (Å²) in [5.74, 6) is -0.147. The molecule has 2 spiro atoms. The molecule has 18 heavy (non-hydrogen) atoms. The molecule has 0 aromatic carbocycles. The van der Waals surface area contributed by atoms with Crippen LogP contribution in [0.1, 0.15) is 39.5 Å². The lowest BCUT2D eigenvalue weighted by Gasteiger charge is -2.55. The summed E-state index contributed by atoms with van der Waals surface area (Å²) >= 11 is 0. The van der Waals surface area contributed by atoms with Gasteiger partial charge in [0.25, 0.3) is 0 Å². The Morgan fingerprint density at radius 1 is 0.667 bits per heavy atom. The largest absolute Gasteiger partial charge is 0.345 e. The first kappa shape index (κ1) is 12.9. The molecule has 4 unspecified atom stereocenters. The van der Waals surface area contributed by atoms with E-state index in [0.29, 0.717) is 25.0 Å². The van der Waals surface area contributed by atoms with Gasteiger partial charge in [-0.15, -0.1) is 0 Å². The first-order valence-corrected chi connectivity index (χ1v) is 7.22. The molecule has 4 atom stereocenters. The van der Waals surface area contributed by atoms with Crippen LogP contribution in [0.5, 0.6) is 0 Å². The monoisotopic (exact) mass is 256 g/mol. The lowest BCUT2D eigenvalue weighted by atomic mass is 9.82. The summed E-state index contributed by atoms with van der Waals surface area (Å²) < 4.78 is 24.2. The second-order valence-electron chi connectivity index (χ2n) is 6.10. The van der Waals surface area contributed by atoms with Crippen molar-refractivity contribution in [3.8, 4) is 0 Å². The van der Waals surface area contributed by atoms with Gasteiger partial charge in [-0.3, -0.25) is 0 Å². The molecule has 3 saturated heterocycles. The number of rotatable bonds is 0. The summed E-state index contributed by atoms with van der Waals surface area (Å²) in [6.45, 7) is 7.19. The molecule has 4 heteroatoms. The van der Waals surface area contributed by atoms with Gasteiger partial charge in [-0.1, -0.05) is 13.8 Å². The first-order valence-electron chi connectivity index (χ1n) is 7.22. The third-order valence-electron chi connectivity index (χ3n) is 4.46. The Labute approximate surface area is 109 Å². The number of hydrogen-bond acceptors (Lipinski definition) is 4. The standard InChI is InChI=1S/C14H24O4/c1-11-3-5-15-13(9-11)14(18-8-7-17-13)10-12(2)4-6-16-14/h11-12H,3-10H2,1-2H3. The molecule has 0 radical (unpaired) electrons. The lowest BCUT2D eigenvalue weighted by molar-refractivity contribution is -0.459. The number of fused-ring (bicyclic) bond motifs is 1. The topological polar surface area (TPSA) is 36.9 Å². The molecule has 3 heterocycles. The van der Waals surface area contributed by atoms with Crippen LogP contribution in [0.15, 0.2) is 0 Å². The molecule has 3 rings (SSSR count). The first-order chi connectivity index (χ1) is 8.66. The fourth-order valence-corrected chi connectivity index (χ4v) is 3.45. The van der Waals surface area contributed by atoms with Crippen LogP contribution in [0.25, 0.3) is 0 Å². The Balaban J connectivity index is 1.88. The van der Waals surface area contributed by atoms with E-state index in [9.17, 15) is 0 Å². The molecule has 0 amide bonds. The molecule has 0 bridgehead atoms. The molecule has 0 N–H and O–H groups in total. The van der Waals surface area contributed by atoms with E-state index in [1.165, 1.54) is 0 Å². The van der Waals surface area contributed by atoms with Crippen LogP contribution in [-0.4, -0.2) is 38.0 Å². The molecular weight excluding hydrogens is 232 g/mol. The fraction of sp³-hybridized carbons (Fsp3) is 1.00. The normalized spacial score (nSPS) is 49.7. The number of hydrogen-bond donors (Lipinski definition) is 0. The molecule has 0 saturated carbocycles. The summed E-state index contributed by atoms with van der Waals surface area (Å²) in [4.78, 5) is 0. The average Bonchev–Trinajstić information content (AvgIpc) is 2.34. The minimum atomic E-state index is -0.669. The van der Waals surface area contributed by atoms with Crippen LogP contribution < -0.4 is 0 Å². The minimum absolute atomic E-state index is 0.596. The van der Waals surface area contributed by atoms with Gasteiger partial charge < -0.3 is 18.9 Å². The molecule has 0 aromatic heterocycles. The third kappa shape index (κ3) is 1.99. The average molecular weight is 256 g/mol. The van der Waals surface area contributed by atoms with E-state index in [0.717, 1.165) is 38.9 Å². The summed E-state index contributed by atoms with van der Waals surface area (Å²) in [6.07, 6.45) is 3.94. The van der Waals surface area contributed by atoms with Crippen LogP contribution >= 0.6 is 0 Å². The van der Waals surface area contributed by atoms with E-state index in [-0.39, 0.29) is 0 Å². The number of ether oxygens (including phenoxy) is 4. The summed E-state index contributed by atoms with van der Waals surface area (Å²) in [5, 5.41) is 0. The van der Waals surface area contributed by atoms with Crippen molar-refractivity contribution in [3.05, 3.63) is 0 Å². The van der Waals surface area contributed by atoms with Gasteiger partial charge in [-0.05, 0) is 24.7 Å². The van der Waals surface area contributed by atoms with Crippen molar-refractivity contribution in [1.29, 1.82) is 0 Å². The van der Waals surface area contributed by atoms with E-state index in [1.807, 2.05) is 0 Å².